The normalized spacial score (nSPS) is 12.6. The van der Waals surface area contributed by atoms with Crippen LogP contribution in [-0.2, 0) is 12.8 Å². The first-order chi connectivity index (χ1) is 8.74. The van der Waals surface area contributed by atoms with E-state index in [1.165, 1.54) is 27.5 Å². The molecular weight excluding hydrogens is 242 g/mol. The van der Waals surface area contributed by atoms with E-state index in [-0.39, 0.29) is 0 Å². The second kappa shape index (κ2) is 6.07. The first kappa shape index (κ1) is 13.2. The number of nitrogens with zero attached hydrogens (tertiary/aromatic N) is 2. The van der Waals surface area contributed by atoms with E-state index in [1.54, 1.807) is 0 Å². The molecule has 1 N–H and O–H groups in total. The Hall–Kier alpha value is -1.26. The Balaban J connectivity index is 2.20. The Labute approximate surface area is 112 Å². The highest BCUT2D eigenvalue weighted by atomic mass is 32.1. The average Bonchev–Trinajstić information content (AvgIpc) is 2.84. The Morgan fingerprint density at radius 1 is 1.39 bits per heavy atom. The molecule has 2 rings (SSSR count). The van der Waals surface area contributed by atoms with Crippen LogP contribution in [0.1, 0.15) is 34.7 Å². The predicted molar refractivity (Wildman–Crippen MR) is 76.0 cm³/mol. The van der Waals surface area contributed by atoms with Gasteiger partial charge in [0.05, 0.1) is 10.6 Å². The van der Waals surface area contributed by atoms with Crippen LogP contribution in [0.5, 0.6) is 0 Å². The molecule has 4 heteroatoms. The van der Waals surface area contributed by atoms with Crippen LogP contribution in [-0.4, -0.2) is 16.6 Å². The number of aromatic nitrogens is 2. The van der Waals surface area contributed by atoms with Crippen LogP contribution in [0, 0.1) is 6.92 Å². The lowest BCUT2D eigenvalue weighted by atomic mass is 10.0. The minimum Gasteiger partial charge on any atom is -0.312 e. The molecule has 0 bridgehead atoms. The standard InChI is InChI=1S/C14H19N3S/c1-4-12-14(18-17-16-12)13(15-3)9-11-7-5-6-10(2)8-11/h5-8,13,15H,4,9H2,1-3H3. The predicted octanol–water partition coefficient (Wildman–Crippen LogP) is 2.91. The Kier molecular flexibility index (Phi) is 4.44. The molecule has 18 heavy (non-hydrogen) atoms. The molecular formula is C14H19N3S. The highest BCUT2D eigenvalue weighted by molar-refractivity contribution is 7.05. The maximum absolute atomic E-state index is 4.19. The highest BCUT2D eigenvalue weighted by Crippen LogP contribution is 2.24. The largest absolute Gasteiger partial charge is 0.312 e. The quantitative estimate of drug-likeness (QED) is 0.899. The van der Waals surface area contributed by atoms with Crippen molar-refractivity contribution >= 4 is 11.5 Å². The summed E-state index contributed by atoms with van der Waals surface area (Å²) in [5.74, 6) is 0. The van der Waals surface area contributed by atoms with Gasteiger partial charge in [0.15, 0.2) is 0 Å². The summed E-state index contributed by atoms with van der Waals surface area (Å²) in [5, 5.41) is 7.57. The summed E-state index contributed by atoms with van der Waals surface area (Å²) in [6.07, 6.45) is 1.92. The van der Waals surface area contributed by atoms with Gasteiger partial charge in [0.1, 0.15) is 0 Å². The van der Waals surface area contributed by atoms with E-state index in [4.69, 9.17) is 0 Å². The van der Waals surface area contributed by atoms with Gasteiger partial charge in [-0.3, -0.25) is 0 Å². The van der Waals surface area contributed by atoms with E-state index >= 15 is 0 Å². The third-order valence-corrected chi connectivity index (χ3v) is 3.99. The van der Waals surface area contributed by atoms with Crippen molar-refractivity contribution in [2.45, 2.75) is 32.7 Å². The molecule has 2 aromatic rings. The monoisotopic (exact) mass is 261 g/mol. The van der Waals surface area contributed by atoms with Gasteiger partial charge >= 0.3 is 0 Å². The third-order valence-electron chi connectivity index (χ3n) is 3.11. The molecule has 1 heterocycles. The van der Waals surface area contributed by atoms with Crippen molar-refractivity contribution in [2.75, 3.05) is 7.05 Å². The van der Waals surface area contributed by atoms with E-state index in [0.717, 1.165) is 18.5 Å². The van der Waals surface area contributed by atoms with E-state index in [2.05, 4.69) is 53.0 Å². The molecule has 1 aromatic heterocycles. The van der Waals surface area contributed by atoms with Gasteiger partial charge in [-0.15, -0.1) is 5.10 Å². The van der Waals surface area contributed by atoms with Crippen LogP contribution in [0.4, 0.5) is 0 Å². The van der Waals surface area contributed by atoms with Crippen molar-refractivity contribution in [1.82, 2.24) is 14.9 Å². The number of nitrogens with one attached hydrogen (secondary N) is 1. The van der Waals surface area contributed by atoms with Crippen molar-refractivity contribution in [3.63, 3.8) is 0 Å². The zero-order chi connectivity index (χ0) is 13.0. The lowest BCUT2D eigenvalue weighted by molar-refractivity contribution is 0.595. The van der Waals surface area contributed by atoms with Gasteiger partial charge in [0.2, 0.25) is 0 Å². The lowest BCUT2D eigenvalue weighted by Gasteiger charge is -2.15. The van der Waals surface area contributed by atoms with E-state index in [1.807, 2.05) is 7.05 Å². The molecule has 0 saturated heterocycles. The fourth-order valence-corrected chi connectivity index (χ4v) is 2.97. The zero-order valence-corrected chi connectivity index (χ0v) is 11.9. The average molecular weight is 261 g/mol. The number of hydrogen-bond donors (Lipinski definition) is 1. The van der Waals surface area contributed by atoms with Gasteiger partial charge in [-0.05, 0) is 43.9 Å². The molecule has 0 spiro atoms. The maximum atomic E-state index is 4.19. The molecule has 96 valence electrons. The van der Waals surface area contributed by atoms with Crippen molar-refractivity contribution in [2.24, 2.45) is 0 Å². The van der Waals surface area contributed by atoms with Crippen LogP contribution in [0.25, 0.3) is 0 Å². The topological polar surface area (TPSA) is 37.8 Å². The Morgan fingerprint density at radius 2 is 2.22 bits per heavy atom. The van der Waals surface area contributed by atoms with Crippen LogP contribution in [0.3, 0.4) is 0 Å². The lowest BCUT2D eigenvalue weighted by Crippen LogP contribution is -2.19. The fraction of sp³-hybridized carbons (Fsp3) is 0.429. The third kappa shape index (κ3) is 2.94. The van der Waals surface area contributed by atoms with Crippen LogP contribution < -0.4 is 5.32 Å². The van der Waals surface area contributed by atoms with Gasteiger partial charge in [0, 0.05) is 6.04 Å². The maximum Gasteiger partial charge on any atom is 0.0801 e. The number of aryl methyl sites for hydroxylation is 2. The molecule has 0 aliphatic rings. The van der Waals surface area contributed by atoms with Crippen molar-refractivity contribution in [3.8, 4) is 0 Å². The Morgan fingerprint density at radius 3 is 2.89 bits per heavy atom. The summed E-state index contributed by atoms with van der Waals surface area (Å²) in [4.78, 5) is 1.27. The minimum absolute atomic E-state index is 0.307. The second-order valence-corrected chi connectivity index (χ2v) is 5.26. The zero-order valence-electron chi connectivity index (χ0n) is 11.1. The van der Waals surface area contributed by atoms with Gasteiger partial charge in [-0.1, -0.05) is 41.2 Å². The number of benzene rings is 1. The van der Waals surface area contributed by atoms with E-state index in [9.17, 15) is 0 Å². The SMILES string of the molecule is CCc1nnsc1C(Cc1cccc(C)c1)NC. The van der Waals surface area contributed by atoms with Gasteiger partial charge in [-0.25, -0.2) is 0 Å². The summed E-state index contributed by atoms with van der Waals surface area (Å²) in [7, 11) is 2.00. The molecule has 0 aliphatic carbocycles. The molecule has 1 atom stereocenters. The highest BCUT2D eigenvalue weighted by Gasteiger charge is 2.17. The van der Waals surface area contributed by atoms with Crippen LogP contribution in [0.15, 0.2) is 24.3 Å². The molecule has 0 radical (unpaired) electrons. The molecule has 0 aliphatic heterocycles. The van der Waals surface area contributed by atoms with E-state index in [0.29, 0.717) is 6.04 Å². The Bertz CT molecular complexity index is 507. The minimum atomic E-state index is 0.307. The summed E-state index contributed by atoms with van der Waals surface area (Å²) in [5.41, 5.74) is 3.78. The van der Waals surface area contributed by atoms with Gasteiger partial charge < -0.3 is 5.32 Å². The van der Waals surface area contributed by atoms with Crippen LogP contribution in [0.2, 0.25) is 0 Å². The number of likely N-dealkylation sites (N-methyl/N-ethyl adjacent to an activating group) is 1. The summed E-state index contributed by atoms with van der Waals surface area (Å²) >= 11 is 1.51. The first-order valence-electron chi connectivity index (χ1n) is 6.28. The van der Waals surface area contributed by atoms with E-state index < -0.39 is 0 Å². The van der Waals surface area contributed by atoms with Crippen molar-refractivity contribution in [1.29, 1.82) is 0 Å². The second-order valence-electron chi connectivity index (χ2n) is 4.47. The van der Waals surface area contributed by atoms with Gasteiger partial charge in [0.25, 0.3) is 0 Å². The summed E-state index contributed by atoms with van der Waals surface area (Å²) < 4.78 is 4.07. The molecule has 1 aromatic carbocycles. The van der Waals surface area contributed by atoms with Crippen molar-refractivity contribution in [3.05, 3.63) is 46.0 Å². The fourth-order valence-electron chi connectivity index (χ4n) is 2.13. The van der Waals surface area contributed by atoms with Crippen molar-refractivity contribution < 1.29 is 0 Å². The van der Waals surface area contributed by atoms with Gasteiger partial charge in [-0.2, -0.15) is 0 Å². The molecule has 0 fully saturated rings. The molecule has 0 amide bonds. The molecule has 3 nitrogen and oxygen atoms in total. The summed E-state index contributed by atoms with van der Waals surface area (Å²) in [6.45, 7) is 4.25. The molecule has 0 saturated carbocycles. The van der Waals surface area contributed by atoms with Crippen LogP contribution >= 0.6 is 11.5 Å². The summed E-state index contributed by atoms with van der Waals surface area (Å²) in [6, 6.07) is 8.97. The molecule has 1 unspecified atom stereocenters. The number of rotatable bonds is 5. The smallest absolute Gasteiger partial charge is 0.0801 e. The number of hydrogen-bond acceptors (Lipinski definition) is 4. The first-order valence-corrected chi connectivity index (χ1v) is 7.05.